The van der Waals surface area contributed by atoms with Crippen molar-refractivity contribution in [2.45, 2.75) is 38.7 Å². The van der Waals surface area contributed by atoms with Gasteiger partial charge in [-0.1, -0.05) is 17.7 Å². The Labute approximate surface area is 189 Å². The Balaban J connectivity index is 1.78. The van der Waals surface area contributed by atoms with E-state index in [0.29, 0.717) is 63.2 Å². The van der Waals surface area contributed by atoms with E-state index >= 15 is 0 Å². The van der Waals surface area contributed by atoms with E-state index in [4.69, 9.17) is 25.8 Å². The maximum atomic E-state index is 13.1. The van der Waals surface area contributed by atoms with Gasteiger partial charge in [0.25, 0.3) is 5.91 Å². The number of amides is 2. The third-order valence-electron chi connectivity index (χ3n) is 6.21. The summed E-state index contributed by atoms with van der Waals surface area (Å²) in [6.07, 6.45) is 1.94. The molecule has 3 rings (SSSR count). The van der Waals surface area contributed by atoms with Gasteiger partial charge < -0.3 is 24.0 Å². The number of carbonyl (C=O) groups excluding carboxylic acids is 2. The second-order valence-corrected chi connectivity index (χ2v) is 9.40. The molecule has 0 aromatic heterocycles. The molecule has 7 nitrogen and oxygen atoms in total. The van der Waals surface area contributed by atoms with Crippen molar-refractivity contribution in [2.24, 2.45) is 5.41 Å². The number of halogens is 1. The molecule has 2 heterocycles. The average molecular weight is 453 g/mol. The standard InChI is InChI=1S/C23H33ClN2O5/c1-22(2,29-3)21(28)26-9-5-8-23(16-26,15-20(27)25-10-12-30-13-11-25)17-31-19-7-4-6-18(24)14-19/h4,6-7,14H,5,8-13,15-17H2,1-3H3/t23-/m0/s1. The van der Waals surface area contributed by atoms with E-state index in [2.05, 4.69) is 0 Å². The first-order chi connectivity index (χ1) is 14.7. The Morgan fingerprint density at radius 1 is 1.19 bits per heavy atom. The molecule has 2 aliphatic rings. The fourth-order valence-corrected chi connectivity index (χ4v) is 4.38. The lowest BCUT2D eigenvalue weighted by atomic mass is 9.76. The molecule has 0 unspecified atom stereocenters. The van der Waals surface area contributed by atoms with Crippen LogP contribution in [0.1, 0.15) is 33.1 Å². The van der Waals surface area contributed by atoms with Crippen LogP contribution in [0.5, 0.6) is 5.75 Å². The summed E-state index contributed by atoms with van der Waals surface area (Å²) in [7, 11) is 1.54. The minimum Gasteiger partial charge on any atom is -0.493 e. The molecule has 2 aliphatic heterocycles. The zero-order chi connectivity index (χ0) is 22.5. The number of carbonyl (C=O) groups is 2. The van der Waals surface area contributed by atoms with Crippen LogP contribution >= 0.6 is 11.6 Å². The summed E-state index contributed by atoms with van der Waals surface area (Å²) in [5.41, 5.74) is -1.39. The van der Waals surface area contributed by atoms with Gasteiger partial charge in [-0.05, 0) is 44.9 Å². The number of methoxy groups -OCH3 is 1. The van der Waals surface area contributed by atoms with Crippen molar-refractivity contribution in [1.29, 1.82) is 0 Å². The van der Waals surface area contributed by atoms with Gasteiger partial charge in [0.2, 0.25) is 5.91 Å². The predicted molar refractivity (Wildman–Crippen MR) is 118 cm³/mol. The SMILES string of the molecule is COC(C)(C)C(=O)N1CCC[C@](COc2cccc(Cl)c2)(CC(=O)N2CCOCC2)C1. The second kappa shape index (κ2) is 10.2. The van der Waals surface area contributed by atoms with Crippen LogP contribution in [0.2, 0.25) is 5.02 Å². The van der Waals surface area contributed by atoms with Gasteiger partial charge in [0.05, 0.1) is 19.8 Å². The lowest BCUT2D eigenvalue weighted by Gasteiger charge is -2.45. The molecule has 0 saturated carbocycles. The summed E-state index contributed by atoms with van der Waals surface area (Å²) >= 11 is 6.10. The molecule has 31 heavy (non-hydrogen) atoms. The zero-order valence-corrected chi connectivity index (χ0v) is 19.5. The summed E-state index contributed by atoms with van der Waals surface area (Å²) in [4.78, 5) is 29.9. The quantitative estimate of drug-likeness (QED) is 0.636. The van der Waals surface area contributed by atoms with Crippen LogP contribution in [0.15, 0.2) is 24.3 Å². The molecule has 2 saturated heterocycles. The number of likely N-dealkylation sites (tertiary alicyclic amines) is 1. The lowest BCUT2D eigenvalue weighted by molar-refractivity contribution is -0.157. The smallest absolute Gasteiger partial charge is 0.254 e. The van der Waals surface area contributed by atoms with Crippen molar-refractivity contribution in [3.8, 4) is 5.75 Å². The van der Waals surface area contributed by atoms with Crippen LogP contribution in [0.3, 0.4) is 0 Å². The van der Waals surface area contributed by atoms with Gasteiger partial charge in [-0.2, -0.15) is 0 Å². The minimum absolute atomic E-state index is 0.0688. The van der Waals surface area contributed by atoms with Crippen LogP contribution in [0.4, 0.5) is 0 Å². The molecular weight excluding hydrogens is 420 g/mol. The summed E-state index contributed by atoms with van der Waals surface area (Å²) in [6.45, 7) is 7.30. The van der Waals surface area contributed by atoms with Crippen molar-refractivity contribution < 1.29 is 23.8 Å². The van der Waals surface area contributed by atoms with E-state index in [-0.39, 0.29) is 11.8 Å². The van der Waals surface area contributed by atoms with Gasteiger partial charge in [-0.15, -0.1) is 0 Å². The number of morpholine rings is 1. The van der Waals surface area contributed by atoms with E-state index in [1.54, 1.807) is 33.1 Å². The lowest BCUT2D eigenvalue weighted by Crippen LogP contribution is -2.55. The van der Waals surface area contributed by atoms with Crippen molar-refractivity contribution >= 4 is 23.4 Å². The fourth-order valence-electron chi connectivity index (χ4n) is 4.20. The molecule has 0 radical (unpaired) electrons. The van der Waals surface area contributed by atoms with E-state index in [9.17, 15) is 9.59 Å². The molecule has 0 spiro atoms. The molecular formula is C23H33ClN2O5. The Morgan fingerprint density at radius 2 is 1.94 bits per heavy atom. The minimum atomic E-state index is -0.912. The first kappa shape index (κ1) is 23.8. The highest BCUT2D eigenvalue weighted by atomic mass is 35.5. The number of ether oxygens (including phenoxy) is 3. The third kappa shape index (κ3) is 6.11. The molecule has 2 fully saturated rings. The Hall–Kier alpha value is -1.83. The van der Waals surface area contributed by atoms with E-state index in [1.165, 1.54) is 0 Å². The van der Waals surface area contributed by atoms with Crippen molar-refractivity contribution in [2.75, 3.05) is 53.1 Å². The number of nitrogens with zero attached hydrogens (tertiary/aromatic N) is 2. The second-order valence-electron chi connectivity index (χ2n) is 8.96. The Kier molecular flexibility index (Phi) is 7.83. The third-order valence-corrected chi connectivity index (χ3v) is 6.44. The van der Waals surface area contributed by atoms with Gasteiger partial charge in [-0.3, -0.25) is 9.59 Å². The maximum absolute atomic E-state index is 13.1. The Morgan fingerprint density at radius 3 is 2.61 bits per heavy atom. The first-order valence-corrected chi connectivity index (χ1v) is 11.2. The molecule has 1 atom stereocenters. The van der Waals surface area contributed by atoms with Gasteiger partial charge in [0, 0.05) is 50.1 Å². The molecule has 0 N–H and O–H groups in total. The van der Waals surface area contributed by atoms with Crippen molar-refractivity contribution in [1.82, 2.24) is 9.80 Å². The van der Waals surface area contributed by atoms with Crippen LogP contribution < -0.4 is 4.74 Å². The van der Waals surface area contributed by atoms with Crippen LogP contribution in [-0.4, -0.2) is 80.3 Å². The topological polar surface area (TPSA) is 68.3 Å². The summed E-state index contributed by atoms with van der Waals surface area (Å²) in [5.74, 6) is 0.672. The Bertz CT molecular complexity index is 781. The van der Waals surface area contributed by atoms with Gasteiger partial charge in [-0.25, -0.2) is 0 Å². The number of hydrogen-bond donors (Lipinski definition) is 0. The first-order valence-electron chi connectivity index (χ1n) is 10.8. The monoisotopic (exact) mass is 452 g/mol. The molecule has 2 amide bonds. The van der Waals surface area contributed by atoms with E-state index in [1.807, 2.05) is 21.9 Å². The average Bonchev–Trinajstić information content (AvgIpc) is 2.78. The fraction of sp³-hybridized carbons (Fsp3) is 0.652. The zero-order valence-electron chi connectivity index (χ0n) is 18.7. The van der Waals surface area contributed by atoms with Crippen LogP contribution in [0, 0.1) is 5.41 Å². The van der Waals surface area contributed by atoms with Gasteiger partial charge >= 0.3 is 0 Å². The van der Waals surface area contributed by atoms with E-state index < -0.39 is 11.0 Å². The highest BCUT2D eigenvalue weighted by Crippen LogP contribution is 2.36. The normalized spacial score (nSPS) is 22.3. The summed E-state index contributed by atoms with van der Waals surface area (Å²) < 4.78 is 16.9. The molecule has 8 heteroatoms. The van der Waals surface area contributed by atoms with Crippen LogP contribution in [-0.2, 0) is 19.1 Å². The molecule has 0 bridgehead atoms. The molecule has 0 aliphatic carbocycles. The van der Waals surface area contributed by atoms with Crippen LogP contribution in [0.25, 0.3) is 0 Å². The van der Waals surface area contributed by atoms with E-state index in [0.717, 1.165) is 12.8 Å². The maximum Gasteiger partial charge on any atom is 0.254 e. The molecule has 172 valence electrons. The van der Waals surface area contributed by atoms with Crippen molar-refractivity contribution in [3.63, 3.8) is 0 Å². The van der Waals surface area contributed by atoms with Crippen molar-refractivity contribution in [3.05, 3.63) is 29.3 Å². The number of rotatable bonds is 7. The number of hydrogen-bond acceptors (Lipinski definition) is 5. The van der Waals surface area contributed by atoms with Gasteiger partial charge in [0.15, 0.2) is 0 Å². The number of benzene rings is 1. The highest BCUT2D eigenvalue weighted by Gasteiger charge is 2.43. The molecule has 1 aromatic carbocycles. The highest BCUT2D eigenvalue weighted by molar-refractivity contribution is 6.30. The summed E-state index contributed by atoms with van der Waals surface area (Å²) in [6, 6.07) is 7.24. The molecule has 1 aromatic rings. The largest absolute Gasteiger partial charge is 0.493 e. The predicted octanol–water partition coefficient (Wildman–Crippen LogP) is 3.00. The number of piperidine rings is 1. The van der Waals surface area contributed by atoms with Gasteiger partial charge in [0.1, 0.15) is 11.4 Å². The summed E-state index contributed by atoms with van der Waals surface area (Å²) in [5, 5.41) is 0.596.